The number of nitrogens with zero attached hydrogens (tertiary/aromatic N) is 1. The second-order valence-corrected chi connectivity index (χ2v) is 5.19. The Morgan fingerprint density at radius 1 is 1.22 bits per heavy atom. The van der Waals surface area contributed by atoms with E-state index < -0.39 is 0 Å². The van der Waals surface area contributed by atoms with Gasteiger partial charge in [0.25, 0.3) is 0 Å². The highest BCUT2D eigenvalue weighted by Crippen LogP contribution is 2.24. The maximum Gasteiger partial charge on any atom is 0.0758 e. The van der Waals surface area contributed by atoms with Gasteiger partial charge in [0.1, 0.15) is 0 Å². The normalized spacial score (nSPS) is 12.4. The number of rotatable bonds is 4. The van der Waals surface area contributed by atoms with Gasteiger partial charge in [-0.05, 0) is 45.6 Å². The molecule has 2 nitrogen and oxygen atoms in total. The van der Waals surface area contributed by atoms with E-state index in [1.807, 2.05) is 12.1 Å². The van der Waals surface area contributed by atoms with Crippen molar-refractivity contribution in [1.29, 1.82) is 0 Å². The molecule has 0 aliphatic heterocycles. The maximum absolute atomic E-state index is 6.25. The van der Waals surface area contributed by atoms with E-state index in [9.17, 15) is 0 Å². The number of halogens is 1. The summed E-state index contributed by atoms with van der Waals surface area (Å²) in [6.45, 7) is 2.19. The summed E-state index contributed by atoms with van der Waals surface area (Å²) in [6.07, 6.45) is 4.05. The van der Waals surface area contributed by atoms with Gasteiger partial charge in [-0.25, -0.2) is 0 Å². The van der Waals surface area contributed by atoms with Crippen molar-refractivity contribution in [1.82, 2.24) is 4.98 Å². The SMILES string of the molecule is CCCc1ccc(C(N)c2ncccc2Br)cc1. The molecule has 0 radical (unpaired) electrons. The predicted octanol–water partition coefficient (Wildman–Crippen LogP) is 3.84. The third-order valence-corrected chi connectivity index (χ3v) is 3.63. The van der Waals surface area contributed by atoms with Crippen LogP contribution in [0.2, 0.25) is 0 Å². The van der Waals surface area contributed by atoms with Crippen molar-refractivity contribution >= 4 is 15.9 Å². The number of benzene rings is 1. The van der Waals surface area contributed by atoms with E-state index in [0.29, 0.717) is 0 Å². The number of aromatic nitrogens is 1. The zero-order chi connectivity index (χ0) is 13.0. The first-order valence-electron chi connectivity index (χ1n) is 6.17. The van der Waals surface area contributed by atoms with Crippen LogP contribution in [0.15, 0.2) is 47.1 Å². The Morgan fingerprint density at radius 2 is 1.94 bits per heavy atom. The summed E-state index contributed by atoms with van der Waals surface area (Å²) in [7, 11) is 0. The van der Waals surface area contributed by atoms with Gasteiger partial charge in [-0.3, -0.25) is 4.98 Å². The Labute approximate surface area is 116 Å². The second-order valence-electron chi connectivity index (χ2n) is 4.34. The predicted molar refractivity (Wildman–Crippen MR) is 78.4 cm³/mol. The molecule has 2 rings (SSSR count). The third-order valence-electron chi connectivity index (χ3n) is 2.96. The smallest absolute Gasteiger partial charge is 0.0758 e. The molecule has 1 aromatic heterocycles. The van der Waals surface area contributed by atoms with Crippen LogP contribution in [0.5, 0.6) is 0 Å². The van der Waals surface area contributed by atoms with Crippen LogP contribution in [-0.4, -0.2) is 4.98 Å². The number of hydrogen-bond acceptors (Lipinski definition) is 2. The van der Waals surface area contributed by atoms with Crippen LogP contribution >= 0.6 is 15.9 Å². The van der Waals surface area contributed by atoms with Crippen LogP contribution < -0.4 is 5.73 Å². The van der Waals surface area contributed by atoms with Crippen molar-refractivity contribution in [3.63, 3.8) is 0 Å². The van der Waals surface area contributed by atoms with Gasteiger partial charge >= 0.3 is 0 Å². The average molecular weight is 305 g/mol. The van der Waals surface area contributed by atoms with Crippen LogP contribution in [0, 0.1) is 0 Å². The van der Waals surface area contributed by atoms with Crippen molar-refractivity contribution in [2.45, 2.75) is 25.8 Å². The highest BCUT2D eigenvalue weighted by Gasteiger charge is 2.12. The molecule has 1 aromatic carbocycles. The van der Waals surface area contributed by atoms with Gasteiger partial charge in [0.2, 0.25) is 0 Å². The summed E-state index contributed by atoms with van der Waals surface area (Å²) < 4.78 is 0.954. The molecule has 18 heavy (non-hydrogen) atoms. The van der Waals surface area contributed by atoms with Gasteiger partial charge in [0, 0.05) is 10.7 Å². The zero-order valence-electron chi connectivity index (χ0n) is 10.4. The average Bonchev–Trinajstić information content (AvgIpc) is 2.40. The van der Waals surface area contributed by atoms with E-state index >= 15 is 0 Å². The molecule has 94 valence electrons. The summed E-state index contributed by atoms with van der Waals surface area (Å²) in [5, 5.41) is 0. The first-order valence-corrected chi connectivity index (χ1v) is 6.96. The third kappa shape index (κ3) is 2.98. The molecule has 0 saturated carbocycles. The van der Waals surface area contributed by atoms with Crippen LogP contribution in [0.3, 0.4) is 0 Å². The fraction of sp³-hybridized carbons (Fsp3) is 0.267. The van der Waals surface area contributed by atoms with Crippen molar-refractivity contribution in [3.8, 4) is 0 Å². The van der Waals surface area contributed by atoms with Gasteiger partial charge < -0.3 is 5.73 Å². The number of hydrogen-bond donors (Lipinski definition) is 1. The second kappa shape index (κ2) is 6.12. The number of aryl methyl sites for hydroxylation is 1. The van der Waals surface area contributed by atoms with Crippen LogP contribution in [0.4, 0.5) is 0 Å². The molecule has 0 aliphatic rings. The number of nitrogens with two attached hydrogens (primary N) is 1. The van der Waals surface area contributed by atoms with Gasteiger partial charge in [-0.2, -0.15) is 0 Å². The lowest BCUT2D eigenvalue weighted by molar-refractivity contribution is 0.819. The van der Waals surface area contributed by atoms with E-state index in [1.165, 1.54) is 5.56 Å². The minimum atomic E-state index is -0.184. The lowest BCUT2D eigenvalue weighted by atomic mass is 10.0. The van der Waals surface area contributed by atoms with Crippen LogP contribution in [0.25, 0.3) is 0 Å². The lowest BCUT2D eigenvalue weighted by Crippen LogP contribution is -2.14. The summed E-state index contributed by atoms with van der Waals surface area (Å²) in [5.41, 5.74) is 9.57. The standard InChI is InChI=1S/C15H17BrN2/c1-2-4-11-6-8-12(9-7-11)14(17)15-13(16)5-3-10-18-15/h3,5-10,14H,2,4,17H2,1H3. The van der Waals surface area contributed by atoms with E-state index in [0.717, 1.165) is 28.6 Å². The fourth-order valence-electron chi connectivity index (χ4n) is 1.96. The Kier molecular flexibility index (Phi) is 4.50. The molecule has 0 aliphatic carbocycles. The van der Waals surface area contributed by atoms with Gasteiger partial charge in [-0.1, -0.05) is 37.6 Å². The van der Waals surface area contributed by atoms with Gasteiger partial charge in [-0.15, -0.1) is 0 Å². The minimum absolute atomic E-state index is 0.184. The van der Waals surface area contributed by atoms with Crippen LogP contribution in [0.1, 0.15) is 36.2 Å². The molecule has 1 unspecified atom stereocenters. The topological polar surface area (TPSA) is 38.9 Å². The quantitative estimate of drug-likeness (QED) is 0.932. The molecule has 0 fully saturated rings. The van der Waals surface area contributed by atoms with Crippen molar-refractivity contribution < 1.29 is 0 Å². The highest BCUT2D eigenvalue weighted by molar-refractivity contribution is 9.10. The molecule has 3 heteroatoms. The molecule has 0 saturated heterocycles. The molecule has 0 spiro atoms. The largest absolute Gasteiger partial charge is 0.319 e. The summed E-state index contributed by atoms with van der Waals surface area (Å²) in [5.74, 6) is 0. The van der Waals surface area contributed by atoms with Crippen molar-refractivity contribution in [2.75, 3.05) is 0 Å². The first-order chi connectivity index (χ1) is 8.72. The minimum Gasteiger partial charge on any atom is -0.319 e. The van der Waals surface area contributed by atoms with Crippen molar-refractivity contribution in [2.24, 2.45) is 5.73 Å². The molecular formula is C15H17BrN2. The molecule has 2 aromatic rings. The monoisotopic (exact) mass is 304 g/mol. The van der Waals surface area contributed by atoms with Gasteiger partial charge in [0.15, 0.2) is 0 Å². The van der Waals surface area contributed by atoms with Crippen LogP contribution in [-0.2, 0) is 6.42 Å². The Balaban J connectivity index is 2.23. The van der Waals surface area contributed by atoms with E-state index in [2.05, 4.69) is 52.1 Å². The van der Waals surface area contributed by atoms with E-state index in [-0.39, 0.29) is 6.04 Å². The molecule has 1 heterocycles. The molecule has 1 atom stereocenters. The first kappa shape index (κ1) is 13.2. The maximum atomic E-state index is 6.25. The Morgan fingerprint density at radius 3 is 2.56 bits per heavy atom. The van der Waals surface area contributed by atoms with Crippen molar-refractivity contribution in [3.05, 3.63) is 63.9 Å². The molecule has 2 N–H and O–H groups in total. The Hall–Kier alpha value is -1.19. The van der Waals surface area contributed by atoms with Gasteiger partial charge in [0.05, 0.1) is 11.7 Å². The molecule has 0 amide bonds. The zero-order valence-corrected chi connectivity index (χ0v) is 12.0. The summed E-state index contributed by atoms with van der Waals surface area (Å²) >= 11 is 3.49. The highest BCUT2D eigenvalue weighted by atomic mass is 79.9. The molecular weight excluding hydrogens is 288 g/mol. The summed E-state index contributed by atoms with van der Waals surface area (Å²) in [4.78, 5) is 4.34. The number of pyridine rings is 1. The lowest BCUT2D eigenvalue weighted by Gasteiger charge is -2.13. The molecule has 0 bridgehead atoms. The fourth-order valence-corrected chi connectivity index (χ4v) is 2.47. The summed E-state index contributed by atoms with van der Waals surface area (Å²) in [6, 6.07) is 12.2. The van der Waals surface area contributed by atoms with E-state index in [4.69, 9.17) is 5.73 Å². The Bertz CT molecular complexity index is 508. The van der Waals surface area contributed by atoms with E-state index in [1.54, 1.807) is 6.20 Å².